The number of halogens is 1. The fourth-order valence-electron chi connectivity index (χ4n) is 4.12. The quantitative estimate of drug-likeness (QED) is 0.591. The van der Waals surface area contributed by atoms with Crippen molar-refractivity contribution in [1.82, 2.24) is 9.47 Å². The molecule has 7 nitrogen and oxygen atoms in total. The number of rotatable bonds is 5. The maximum absolute atomic E-state index is 13.3. The van der Waals surface area contributed by atoms with Crippen LogP contribution in [0.25, 0.3) is 10.9 Å². The summed E-state index contributed by atoms with van der Waals surface area (Å²) in [6.45, 7) is 3.21. The molecule has 1 aliphatic heterocycles. The van der Waals surface area contributed by atoms with Crippen LogP contribution < -0.4 is 4.90 Å². The molecule has 1 saturated heterocycles. The van der Waals surface area contributed by atoms with Crippen LogP contribution in [-0.4, -0.2) is 61.5 Å². The van der Waals surface area contributed by atoms with E-state index in [0.29, 0.717) is 24.7 Å². The van der Waals surface area contributed by atoms with E-state index in [1.165, 1.54) is 0 Å². The molecule has 1 fully saturated rings. The Morgan fingerprint density at radius 1 is 1.23 bits per heavy atom. The highest BCUT2D eigenvalue weighted by Crippen LogP contribution is 2.27. The van der Waals surface area contributed by atoms with Gasteiger partial charge in [0.1, 0.15) is 6.04 Å². The molecule has 4 rings (SSSR count). The second kappa shape index (κ2) is 9.00. The summed E-state index contributed by atoms with van der Waals surface area (Å²) in [5, 5.41) is 11.6. The molecular formula is C22H23ClN3O4S-. The lowest BCUT2D eigenvalue weighted by atomic mass is 10.1. The molecule has 3 aromatic rings. The summed E-state index contributed by atoms with van der Waals surface area (Å²) in [6.07, 6.45) is 1.88. The number of benzene rings is 2. The third-order valence-electron chi connectivity index (χ3n) is 5.83. The Labute approximate surface area is 188 Å². The number of hydrogen-bond donors (Lipinski definition) is 1. The van der Waals surface area contributed by atoms with E-state index >= 15 is 0 Å². The Morgan fingerprint density at radius 2 is 1.97 bits per heavy atom. The molecule has 0 bridgehead atoms. The minimum absolute atomic E-state index is 0.0618. The lowest BCUT2D eigenvalue weighted by Crippen LogP contribution is -2.57. The van der Waals surface area contributed by atoms with Gasteiger partial charge in [-0.25, -0.2) is 0 Å². The number of piperazine rings is 1. The van der Waals surface area contributed by atoms with E-state index < -0.39 is 17.1 Å². The summed E-state index contributed by atoms with van der Waals surface area (Å²) in [7, 11) is 0. The third-order valence-corrected chi connectivity index (χ3v) is 6.72. The zero-order valence-corrected chi connectivity index (χ0v) is 18.6. The van der Waals surface area contributed by atoms with E-state index in [-0.39, 0.29) is 23.5 Å². The van der Waals surface area contributed by atoms with Gasteiger partial charge in [0.05, 0.1) is 18.2 Å². The highest BCUT2D eigenvalue weighted by molar-refractivity contribution is 7.79. The van der Waals surface area contributed by atoms with Crippen LogP contribution in [0.1, 0.15) is 13.0 Å². The van der Waals surface area contributed by atoms with Crippen LogP contribution in [0.4, 0.5) is 5.69 Å². The molecule has 2 heterocycles. The monoisotopic (exact) mass is 460 g/mol. The van der Waals surface area contributed by atoms with E-state index in [9.17, 15) is 18.7 Å². The van der Waals surface area contributed by atoms with Crippen molar-refractivity contribution < 1.29 is 18.7 Å². The van der Waals surface area contributed by atoms with Gasteiger partial charge in [-0.3, -0.25) is 9.00 Å². The SMILES string of the molecule is C[C@@H](C(=O)N1CCN(c2ccc(S(=O)[O-])cc2)C[C@H]1CO)n1ccc2ccc(Cl)cc21. The van der Waals surface area contributed by atoms with Crippen LogP contribution in [0.3, 0.4) is 0 Å². The molecule has 0 spiro atoms. The molecular weight excluding hydrogens is 438 g/mol. The average Bonchev–Trinajstić information content (AvgIpc) is 3.20. The van der Waals surface area contributed by atoms with Crippen LogP contribution in [-0.2, 0) is 15.9 Å². The van der Waals surface area contributed by atoms with Crippen LogP contribution in [0, 0.1) is 0 Å². The van der Waals surface area contributed by atoms with Crippen molar-refractivity contribution in [2.24, 2.45) is 0 Å². The fraction of sp³-hybridized carbons (Fsp3) is 0.318. The zero-order valence-electron chi connectivity index (χ0n) is 17.0. The van der Waals surface area contributed by atoms with Crippen LogP contribution in [0.2, 0.25) is 5.02 Å². The maximum atomic E-state index is 13.3. The number of carbonyl (C=O) groups excluding carboxylic acids is 1. The molecule has 3 atom stereocenters. The lowest BCUT2D eigenvalue weighted by molar-refractivity contribution is -0.138. The Hall–Kier alpha value is -2.39. The molecule has 9 heteroatoms. The lowest BCUT2D eigenvalue weighted by Gasteiger charge is -2.42. The van der Waals surface area contributed by atoms with Gasteiger partial charge < -0.3 is 24.0 Å². The number of aromatic nitrogens is 1. The number of hydrogen-bond acceptors (Lipinski definition) is 5. The molecule has 0 radical (unpaired) electrons. The fourth-order valence-corrected chi connectivity index (χ4v) is 4.65. The maximum Gasteiger partial charge on any atom is 0.245 e. The number of anilines is 1. The predicted octanol–water partition coefficient (Wildman–Crippen LogP) is 2.80. The zero-order chi connectivity index (χ0) is 22.1. The van der Waals surface area contributed by atoms with E-state index in [0.717, 1.165) is 16.6 Å². The van der Waals surface area contributed by atoms with Crippen LogP contribution >= 0.6 is 11.6 Å². The number of nitrogens with zero attached hydrogens (tertiary/aromatic N) is 3. The van der Waals surface area contributed by atoms with E-state index in [2.05, 4.69) is 4.90 Å². The topological polar surface area (TPSA) is 88.8 Å². The molecule has 1 amide bonds. The van der Waals surface area contributed by atoms with Crippen molar-refractivity contribution >= 4 is 45.2 Å². The second-order valence-corrected chi connectivity index (χ2v) is 9.02. The standard InChI is InChI=1S/C22H24ClN3O4S/c1-15(25-9-8-16-2-3-17(23)12-21(16)25)22(28)26-11-10-24(13-19(26)14-27)18-4-6-20(7-5-18)31(29)30/h2-9,12,15,19,27H,10-11,13-14H2,1H3,(H,29,30)/p-1/t15-,19-/m0/s1. The number of aliphatic hydroxyl groups is 1. The first-order valence-electron chi connectivity index (χ1n) is 10.0. The Morgan fingerprint density at radius 3 is 2.65 bits per heavy atom. The molecule has 1 aliphatic rings. The molecule has 1 aromatic heterocycles. The number of fused-ring (bicyclic) bond motifs is 1. The minimum Gasteiger partial charge on any atom is -0.768 e. The van der Waals surface area contributed by atoms with Crippen molar-refractivity contribution in [1.29, 1.82) is 0 Å². The van der Waals surface area contributed by atoms with Gasteiger partial charge in [0.15, 0.2) is 0 Å². The molecule has 31 heavy (non-hydrogen) atoms. The second-order valence-electron chi connectivity index (χ2n) is 7.64. The van der Waals surface area contributed by atoms with E-state index in [1.807, 2.05) is 42.0 Å². The molecule has 164 valence electrons. The Balaban J connectivity index is 1.51. The predicted molar refractivity (Wildman–Crippen MR) is 120 cm³/mol. The largest absolute Gasteiger partial charge is 0.768 e. The van der Waals surface area contributed by atoms with Gasteiger partial charge in [-0.05, 0) is 65.9 Å². The molecule has 0 saturated carbocycles. The van der Waals surface area contributed by atoms with Crippen LogP contribution in [0.15, 0.2) is 59.6 Å². The molecule has 0 aliphatic carbocycles. The summed E-state index contributed by atoms with van der Waals surface area (Å²) in [5.74, 6) is -0.0618. The molecule has 1 N–H and O–H groups in total. The first kappa shape index (κ1) is 21.8. The van der Waals surface area contributed by atoms with Gasteiger partial charge in [0.25, 0.3) is 0 Å². The van der Waals surface area contributed by atoms with Gasteiger partial charge in [-0.2, -0.15) is 0 Å². The third kappa shape index (κ3) is 4.34. The minimum atomic E-state index is -2.27. The van der Waals surface area contributed by atoms with Crippen molar-refractivity contribution in [3.63, 3.8) is 0 Å². The van der Waals surface area contributed by atoms with Crippen LogP contribution in [0.5, 0.6) is 0 Å². The number of carbonyl (C=O) groups is 1. The van der Waals surface area contributed by atoms with Crippen molar-refractivity contribution in [2.45, 2.75) is 23.9 Å². The summed E-state index contributed by atoms with van der Waals surface area (Å²) < 4.78 is 24.0. The van der Waals surface area contributed by atoms with E-state index in [4.69, 9.17) is 11.6 Å². The van der Waals surface area contributed by atoms with Crippen molar-refractivity contribution in [3.05, 3.63) is 59.8 Å². The molecule has 1 unspecified atom stereocenters. The average molecular weight is 461 g/mol. The van der Waals surface area contributed by atoms with Gasteiger partial charge in [-0.1, -0.05) is 17.7 Å². The first-order chi connectivity index (χ1) is 14.9. The van der Waals surface area contributed by atoms with Gasteiger partial charge >= 0.3 is 0 Å². The van der Waals surface area contributed by atoms with Gasteiger partial charge in [-0.15, -0.1) is 0 Å². The summed E-state index contributed by atoms with van der Waals surface area (Å²) in [6, 6.07) is 13.3. The normalized spacial score (nSPS) is 18.9. The smallest absolute Gasteiger partial charge is 0.245 e. The number of amides is 1. The summed E-state index contributed by atoms with van der Waals surface area (Å²) >= 11 is 3.88. The Bertz CT molecular complexity index is 1120. The first-order valence-corrected chi connectivity index (χ1v) is 11.5. The van der Waals surface area contributed by atoms with Crippen molar-refractivity contribution in [2.75, 3.05) is 31.1 Å². The highest BCUT2D eigenvalue weighted by Gasteiger charge is 2.33. The van der Waals surface area contributed by atoms with Crippen molar-refractivity contribution in [3.8, 4) is 0 Å². The highest BCUT2D eigenvalue weighted by atomic mass is 35.5. The van der Waals surface area contributed by atoms with Gasteiger partial charge in [0, 0.05) is 41.4 Å². The molecule has 2 aromatic carbocycles. The summed E-state index contributed by atoms with van der Waals surface area (Å²) in [4.78, 5) is 17.3. The van der Waals surface area contributed by atoms with E-state index in [1.54, 1.807) is 29.2 Å². The summed E-state index contributed by atoms with van der Waals surface area (Å²) in [5.41, 5.74) is 1.75. The van der Waals surface area contributed by atoms with Gasteiger partial charge in [0.2, 0.25) is 5.91 Å². The Kier molecular flexibility index (Phi) is 6.34. The number of aliphatic hydroxyl groups excluding tert-OH is 1.